The number of esters is 1. The van der Waals surface area contributed by atoms with Crippen molar-refractivity contribution in [1.82, 2.24) is 14.9 Å². The van der Waals surface area contributed by atoms with Gasteiger partial charge < -0.3 is 19.7 Å². The van der Waals surface area contributed by atoms with Gasteiger partial charge in [-0.05, 0) is 31.0 Å². The smallest absolute Gasteiger partial charge is 0.356 e. The summed E-state index contributed by atoms with van der Waals surface area (Å²) in [6.07, 6.45) is 3.25. The van der Waals surface area contributed by atoms with Crippen LogP contribution in [0.15, 0.2) is 47.4 Å². The summed E-state index contributed by atoms with van der Waals surface area (Å²) in [6.45, 7) is 3.46. The van der Waals surface area contributed by atoms with Gasteiger partial charge in [0.1, 0.15) is 12.3 Å². The number of hydrogen-bond donors (Lipinski definition) is 2. The number of H-pyrrole nitrogens is 1. The molecule has 1 saturated heterocycles. The molecule has 1 fully saturated rings. The molecule has 4 atom stereocenters. The van der Waals surface area contributed by atoms with E-state index < -0.39 is 22.9 Å². The van der Waals surface area contributed by atoms with Crippen molar-refractivity contribution in [3.8, 4) is 0 Å². The third kappa shape index (κ3) is 4.38. The predicted molar refractivity (Wildman–Crippen MR) is 120 cm³/mol. The second kappa shape index (κ2) is 9.36. The van der Waals surface area contributed by atoms with Gasteiger partial charge in [-0.1, -0.05) is 6.92 Å². The lowest BCUT2D eigenvalue weighted by Gasteiger charge is -2.46. The monoisotopic (exact) mass is 472 g/mol. The predicted octanol–water partition coefficient (Wildman–Crippen LogP) is 2.41. The van der Waals surface area contributed by atoms with Crippen molar-refractivity contribution >= 4 is 29.3 Å². The average molecular weight is 473 g/mol. The molecule has 10 nitrogen and oxygen atoms in total. The number of nitrogens with zero attached hydrogens (tertiary/aromatic N) is 3. The third-order valence-corrected chi connectivity index (χ3v) is 7.29. The van der Waals surface area contributed by atoms with E-state index in [1.54, 1.807) is 19.4 Å². The minimum Gasteiger partial charge on any atom is -0.456 e. The molecule has 1 aromatic heterocycles. The number of nitrogens with one attached hydrogen (secondary N) is 1. The summed E-state index contributed by atoms with van der Waals surface area (Å²) in [7, 11) is 0. The fourth-order valence-electron chi connectivity index (χ4n) is 4.33. The third-order valence-electron chi connectivity index (χ3n) is 6.00. The van der Waals surface area contributed by atoms with Gasteiger partial charge in [0.25, 0.3) is 5.69 Å². The minimum atomic E-state index is -0.812. The first kappa shape index (κ1) is 23.0. The van der Waals surface area contributed by atoms with Crippen LogP contribution >= 0.6 is 11.8 Å². The molecule has 0 radical (unpaired) electrons. The van der Waals surface area contributed by atoms with Crippen LogP contribution in [-0.2, 0) is 27.4 Å². The summed E-state index contributed by atoms with van der Waals surface area (Å²) in [6, 6.07) is 5.46. The van der Waals surface area contributed by atoms with Crippen molar-refractivity contribution in [1.29, 1.82) is 0 Å². The lowest BCUT2D eigenvalue weighted by Crippen LogP contribution is -2.63. The second-order valence-electron chi connectivity index (χ2n) is 8.14. The van der Waals surface area contributed by atoms with Crippen LogP contribution in [0.5, 0.6) is 0 Å². The number of rotatable bonds is 9. The Hall–Kier alpha value is -3.18. The Labute approximate surface area is 194 Å². The highest BCUT2D eigenvalue weighted by Gasteiger charge is 2.60. The van der Waals surface area contributed by atoms with E-state index in [2.05, 4.69) is 9.97 Å². The Morgan fingerprint density at radius 2 is 2.12 bits per heavy atom. The summed E-state index contributed by atoms with van der Waals surface area (Å²) in [5, 5.41) is 20.9. The summed E-state index contributed by atoms with van der Waals surface area (Å²) >= 11 is 1.50. The maximum atomic E-state index is 13.1. The van der Waals surface area contributed by atoms with Crippen LogP contribution in [-0.4, -0.2) is 54.7 Å². The number of hydrogen-bond acceptors (Lipinski definition) is 8. The first-order valence-electron chi connectivity index (χ1n) is 10.6. The molecule has 0 bridgehead atoms. The number of non-ortho nitro benzene ring substituents is 1. The molecule has 3 heterocycles. The number of amides is 1. The molecule has 0 spiro atoms. The number of β-lactam (4-membered cyclic amide) rings is 1. The van der Waals surface area contributed by atoms with Gasteiger partial charge in [-0.25, -0.2) is 9.78 Å². The zero-order valence-corrected chi connectivity index (χ0v) is 18.9. The van der Waals surface area contributed by atoms with Gasteiger partial charge in [0, 0.05) is 40.6 Å². The number of aryl methyl sites for hydroxylation is 1. The van der Waals surface area contributed by atoms with Crippen molar-refractivity contribution in [3.05, 3.63) is 68.8 Å². The molecule has 0 unspecified atom stereocenters. The summed E-state index contributed by atoms with van der Waals surface area (Å²) in [5.74, 6) is -0.897. The van der Waals surface area contributed by atoms with Crippen LogP contribution in [0, 0.1) is 22.0 Å². The Balaban J connectivity index is 1.51. The van der Waals surface area contributed by atoms with Crippen molar-refractivity contribution in [2.45, 2.75) is 39.0 Å². The number of imidazole rings is 1. The number of carbonyl (C=O) groups is 2. The number of aromatic amines is 1. The lowest BCUT2D eigenvalue weighted by molar-refractivity contribution is -0.384. The van der Waals surface area contributed by atoms with E-state index in [1.807, 2.05) is 6.92 Å². The number of aliphatic hydroxyl groups excluding tert-OH is 1. The Morgan fingerprint density at radius 1 is 1.39 bits per heavy atom. The molecule has 11 heteroatoms. The molecule has 174 valence electrons. The number of benzene rings is 1. The molecule has 2 N–H and O–H groups in total. The van der Waals surface area contributed by atoms with Crippen molar-refractivity contribution < 1.29 is 24.4 Å². The summed E-state index contributed by atoms with van der Waals surface area (Å²) in [5.41, 5.74) is 1.75. The lowest BCUT2D eigenvalue weighted by atomic mass is 9.79. The number of carbonyl (C=O) groups excluding carboxylic acids is 2. The van der Waals surface area contributed by atoms with Gasteiger partial charge in [0.2, 0.25) is 5.91 Å². The van der Waals surface area contributed by atoms with E-state index in [-0.39, 0.29) is 35.9 Å². The van der Waals surface area contributed by atoms with Gasteiger partial charge in [-0.3, -0.25) is 14.9 Å². The van der Waals surface area contributed by atoms with Crippen molar-refractivity contribution in [3.63, 3.8) is 0 Å². The number of fused-ring (bicyclic) bond motifs is 1. The van der Waals surface area contributed by atoms with E-state index >= 15 is 0 Å². The zero-order chi connectivity index (χ0) is 23.7. The molecule has 2 aliphatic rings. The number of ether oxygens (including phenoxy) is 1. The minimum absolute atomic E-state index is 0.0495. The fourth-order valence-corrected chi connectivity index (χ4v) is 5.59. The fraction of sp³-hybridized carbons (Fsp3) is 0.409. The topological polar surface area (TPSA) is 139 Å². The normalized spacial score (nSPS) is 22.7. The van der Waals surface area contributed by atoms with Gasteiger partial charge in [0.05, 0.1) is 29.3 Å². The quantitative estimate of drug-likeness (QED) is 0.246. The zero-order valence-electron chi connectivity index (χ0n) is 18.1. The van der Waals surface area contributed by atoms with Crippen LogP contribution in [0.4, 0.5) is 5.69 Å². The van der Waals surface area contributed by atoms with Gasteiger partial charge in [-0.2, -0.15) is 0 Å². The molecule has 1 amide bonds. The number of thioether (sulfide) groups is 1. The van der Waals surface area contributed by atoms with Gasteiger partial charge in [-0.15, -0.1) is 11.8 Å². The molecule has 2 aliphatic heterocycles. The van der Waals surface area contributed by atoms with Gasteiger partial charge in [0.15, 0.2) is 0 Å². The van der Waals surface area contributed by atoms with E-state index in [0.717, 1.165) is 10.6 Å². The van der Waals surface area contributed by atoms with Crippen LogP contribution in [0.25, 0.3) is 0 Å². The number of aliphatic hydroxyl groups is 1. The summed E-state index contributed by atoms with van der Waals surface area (Å²) in [4.78, 5) is 45.4. The molecule has 0 aliphatic carbocycles. The molecule has 1 aromatic carbocycles. The largest absolute Gasteiger partial charge is 0.456 e. The van der Waals surface area contributed by atoms with E-state index in [4.69, 9.17) is 4.74 Å². The standard InChI is InChI=1S/C22H24N4O6S/c1-12-18-17(13(2)27)21(28)25(18)19(20(12)33-8-7-15-9-23-11-24-15)22(29)32-10-14-3-5-16(6-4-14)26(30)31/h3-6,9,11-13,17-18,27H,7-8,10H2,1-2H3,(H,23,24)/t12-,13-,17-,18-/m1/s1. The highest BCUT2D eigenvalue weighted by atomic mass is 32.2. The van der Waals surface area contributed by atoms with Crippen molar-refractivity contribution in [2.24, 2.45) is 11.8 Å². The Kier molecular flexibility index (Phi) is 6.52. The number of nitro benzene ring substituents is 1. The molecule has 33 heavy (non-hydrogen) atoms. The number of aromatic nitrogens is 2. The first-order valence-corrected chi connectivity index (χ1v) is 11.5. The Bertz CT molecular complexity index is 1080. The summed E-state index contributed by atoms with van der Waals surface area (Å²) < 4.78 is 5.49. The molecule has 4 rings (SSSR count). The van der Waals surface area contributed by atoms with Crippen LogP contribution in [0.3, 0.4) is 0 Å². The van der Waals surface area contributed by atoms with Crippen LogP contribution in [0.1, 0.15) is 25.1 Å². The van der Waals surface area contributed by atoms with Crippen LogP contribution < -0.4 is 0 Å². The van der Waals surface area contributed by atoms with E-state index in [0.29, 0.717) is 17.7 Å². The molecular weight excluding hydrogens is 448 g/mol. The average Bonchev–Trinajstić information content (AvgIpc) is 3.37. The molecular formula is C22H24N4O6S. The first-order chi connectivity index (χ1) is 15.8. The number of nitro groups is 1. The maximum Gasteiger partial charge on any atom is 0.356 e. The van der Waals surface area contributed by atoms with Crippen molar-refractivity contribution in [2.75, 3.05) is 5.75 Å². The molecule has 0 saturated carbocycles. The van der Waals surface area contributed by atoms with E-state index in [1.165, 1.54) is 40.9 Å². The van der Waals surface area contributed by atoms with E-state index in [9.17, 15) is 24.8 Å². The van der Waals surface area contributed by atoms with Crippen LogP contribution in [0.2, 0.25) is 0 Å². The van der Waals surface area contributed by atoms with Gasteiger partial charge >= 0.3 is 5.97 Å². The second-order valence-corrected chi connectivity index (χ2v) is 9.28. The highest BCUT2D eigenvalue weighted by molar-refractivity contribution is 8.03. The SMILES string of the molecule is C[C@@H](O)[C@H]1C(=O)N2C(C(=O)OCc3ccc([N+](=O)[O-])cc3)=C(SCCc3cnc[nH]3)[C@H](C)[C@H]12. The highest BCUT2D eigenvalue weighted by Crippen LogP contribution is 2.50. The Morgan fingerprint density at radius 3 is 2.73 bits per heavy atom. The molecule has 2 aromatic rings. The maximum absolute atomic E-state index is 13.1.